The number of para-hydroxylation sites is 1. The number of benzene rings is 1. The van der Waals surface area contributed by atoms with Crippen LogP contribution in [0.2, 0.25) is 0 Å². The number of nitrogens with zero attached hydrogens (tertiary/aromatic N) is 4. The second-order valence-electron chi connectivity index (χ2n) is 3.78. The summed E-state index contributed by atoms with van der Waals surface area (Å²) in [6.45, 7) is 1.66. The van der Waals surface area contributed by atoms with E-state index in [-0.39, 0.29) is 13.2 Å². The molecule has 0 amide bonds. The Kier molecular flexibility index (Phi) is 4.03. The van der Waals surface area contributed by atoms with Gasteiger partial charge in [-0.2, -0.15) is 0 Å². The van der Waals surface area contributed by atoms with Crippen LogP contribution >= 0.6 is 0 Å². The zero-order valence-corrected chi connectivity index (χ0v) is 9.53. The Morgan fingerprint density at radius 1 is 1.12 bits per heavy atom. The van der Waals surface area contributed by atoms with Gasteiger partial charge in [-0.15, -0.1) is 5.10 Å². The molecule has 0 aliphatic rings. The van der Waals surface area contributed by atoms with Crippen molar-refractivity contribution >= 4 is 11.0 Å². The van der Waals surface area contributed by atoms with Crippen molar-refractivity contribution in [2.45, 2.75) is 6.67 Å². The molecule has 0 saturated heterocycles. The third-order valence-electron chi connectivity index (χ3n) is 2.59. The molecule has 0 aliphatic carbocycles. The van der Waals surface area contributed by atoms with Gasteiger partial charge in [-0.25, -0.2) is 4.68 Å². The highest BCUT2D eigenvalue weighted by atomic mass is 16.3. The van der Waals surface area contributed by atoms with E-state index in [1.165, 1.54) is 0 Å². The molecular weight excluding hydrogens is 220 g/mol. The summed E-state index contributed by atoms with van der Waals surface area (Å²) in [4.78, 5) is 1.92. The Hall–Kier alpha value is -1.50. The summed E-state index contributed by atoms with van der Waals surface area (Å²) in [5.74, 6) is 0. The van der Waals surface area contributed by atoms with Crippen molar-refractivity contribution in [3.8, 4) is 0 Å². The second kappa shape index (κ2) is 5.72. The number of hydrogen-bond donors (Lipinski definition) is 2. The first kappa shape index (κ1) is 12.0. The van der Waals surface area contributed by atoms with Crippen molar-refractivity contribution < 1.29 is 10.2 Å². The first-order valence-corrected chi connectivity index (χ1v) is 5.57. The standard InChI is InChI=1S/C11H16N4O2/c16-7-5-14(6-8-17)9-15-11-4-2-1-3-10(11)12-13-15/h1-4,16-17H,5-9H2. The Labute approximate surface area is 99.1 Å². The van der Waals surface area contributed by atoms with E-state index < -0.39 is 0 Å². The number of hydrogen-bond acceptors (Lipinski definition) is 5. The fraction of sp³-hybridized carbons (Fsp3) is 0.455. The molecule has 0 unspecified atom stereocenters. The van der Waals surface area contributed by atoms with Crippen LogP contribution in [0, 0.1) is 0 Å². The van der Waals surface area contributed by atoms with E-state index in [0.29, 0.717) is 19.8 Å². The first-order chi connectivity index (χ1) is 8.35. The lowest BCUT2D eigenvalue weighted by Gasteiger charge is -2.19. The van der Waals surface area contributed by atoms with Gasteiger partial charge < -0.3 is 10.2 Å². The Morgan fingerprint density at radius 2 is 1.82 bits per heavy atom. The molecule has 0 aliphatic heterocycles. The fourth-order valence-electron chi connectivity index (χ4n) is 1.75. The topological polar surface area (TPSA) is 74.4 Å². The van der Waals surface area contributed by atoms with Gasteiger partial charge >= 0.3 is 0 Å². The van der Waals surface area contributed by atoms with Crippen LogP contribution in [0.3, 0.4) is 0 Å². The first-order valence-electron chi connectivity index (χ1n) is 5.57. The Bertz CT molecular complexity index is 465. The molecule has 1 heterocycles. The van der Waals surface area contributed by atoms with Crippen LogP contribution in [0.25, 0.3) is 11.0 Å². The Morgan fingerprint density at radius 3 is 2.53 bits per heavy atom. The van der Waals surface area contributed by atoms with Gasteiger partial charge in [0.05, 0.1) is 25.4 Å². The SMILES string of the molecule is OCCN(CCO)Cn1nnc2ccccc21. The molecule has 0 radical (unpaired) electrons. The van der Waals surface area contributed by atoms with Crippen molar-refractivity contribution in [2.75, 3.05) is 26.3 Å². The summed E-state index contributed by atoms with van der Waals surface area (Å²) in [6, 6.07) is 7.71. The third kappa shape index (κ3) is 2.79. The van der Waals surface area contributed by atoms with Gasteiger partial charge in [-0.3, -0.25) is 4.90 Å². The lowest BCUT2D eigenvalue weighted by Crippen LogP contribution is -2.32. The van der Waals surface area contributed by atoms with Crippen molar-refractivity contribution in [3.05, 3.63) is 24.3 Å². The fourth-order valence-corrected chi connectivity index (χ4v) is 1.75. The van der Waals surface area contributed by atoms with E-state index in [4.69, 9.17) is 10.2 Å². The van der Waals surface area contributed by atoms with Gasteiger partial charge in [-0.05, 0) is 12.1 Å². The highest BCUT2D eigenvalue weighted by molar-refractivity contribution is 5.73. The minimum absolute atomic E-state index is 0.0621. The lowest BCUT2D eigenvalue weighted by atomic mass is 10.3. The van der Waals surface area contributed by atoms with E-state index in [1.54, 1.807) is 4.68 Å². The molecule has 2 N–H and O–H groups in total. The van der Waals surface area contributed by atoms with E-state index in [2.05, 4.69) is 10.3 Å². The van der Waals surface area contributed by atoms with Crippen LogP contribution in [-0.2, 0) is 6.67 Å². The molecule has 0 bridgehead atoms. The monoisotopic (exact) mass is 236 g/mol. The van der Waals surface area contributed by atoms with Gasteiger partial charge in [0.1, 0.15) is 5.52 Å². The summed E-state index contributed by atoms with van der Waals surface area (Å²) in [6.07, 6.45) is 0. The molecule has 0 spiro atoms. The number of aromatic nitrogens is 3. The van der Waals surface area contributed by atoms with Crippen LogP contribution in [0.4, 0.5) is 0 Å². The van der Waals surface area contributed by atoms with Gasteiger partial charge in [0.25, 0.3) is 0 Å². The molecule has 17 heavy (non-hydrogen) atoms. The normalized spacial score (nSPS) is 11.5. The lowest BCUT2D eigenvalue weighted by molar-refractivity contribution is 0.130. The van der Waals surface area contributed by atoms with Gasteiger partial charge in [0, 0.05) is 13.1 Å². The molecule has 2 rings (SSSR count). The number of aliphatic hydroxyl groups is 2. The molecule has 6 heteroatoms. The molecular formula is C11H16N4O2. The highest BCUT2D eigenvalue weighted by Gasteiger charge is 2.08. The molecule has 92 valence electrons. The minimum atomic E-state index is 0.0621. The van der Waals surface area contributed by atoms with Crippen molar-refractivity contribution in [1.29, 1.82) is 0 Å². The zero-order valence-electron chi connectivity index (χ0n) is 9.53. The zero-order chi connectivity index (χ0) is 12.1. The van der Waals surface area contributed by atoms with Gasteiger partial charge in [-0.1, -0.05) is 17.3 Å². The molecule has 2 aromatic rings. The molecule has 0 saturated carbocycles. The molecule has 1 aromatic carbocycles. The quantitative estimate of drug-likeness (QED) is 0.718. The molecule has 0 atom stereocenters. The summed E-state index contributed by atoms with van der Waals surface area (Å²) >= 11 is 0. The van der Waals surface area contributed by atoms with Crippen LogP contribution in [-0.4, -0.2) is 56.4 Å². The maximum atomic E-state index is 8.94. The summed E-state index contributed by atoms with van der Waals surface area (Å²) in [5.41, 5.74) is 1.80. The van der Waals surface area contributed by atoms with E-state index in [1.807, 2.05) is 29.2 Å². The number of rotatable bonds is 6. The van der Waals surface area contributed by atoms with Crippen molar-refractivity contribution in [1.82, 2.24) is 19.9 Å². The van der Waals surface area contributed by atoms with E-state index in [9.17, 15) is 0 Å². The number of aliphatic hydroxyl groups excluding tert-OH is 2. The molecule has 1 aromatic heterocycles. The maximum Gasteiger partial charge on any atom is 0.113 e. The minimum Gasteiger partial charge on any atom is -0.395 e. The highest BCUT2D eigenvalue weighted by Crippen LogP contribution is 2.10. The largest absolute Gasteiger partial charge is 0.395 e. The predicted octanol–water partition coefficient (Wildman–Crippen LogP) is -0.325. The van der Waals surface area contributed by atoms with Crippen molar-refractivity contribution in [2.24, 2.45) is 0 Å². The third-order valence-corrected chi connectivity index (χ3v) is 2.59. The number of fused-ring (bicyclic) bond motifs is 1. The van der Waals surface area contributed by atoms with Crippen LogP contribution < -0.4 is 0 Å². The molecule has 0 fully saturated rings. The predicted molar refractivity (Wildman–Crippen MR) is 63.3 cm³/mol. The van der Waals surface area contributed by atoms with E-state index in [0.717, 1.165) is 11.0 Å². The maximum absolute atomic E-state index is 8.94. The second-order valence-corrected chi connectivity index (χ2v) is 3.78. The molecule has 6 nitrogen and oxygen atoms in total. The average molecular weight is 236 g/mol. The smallest absolute Gasteiger partial charge is 0.113 e. The van der Waals surface area contributed by atoms with Gasteiger partial charge in [0.15, 0.2) is 0 Å². The summed E-state index contributed by atoms with van der Waals surface area (Å²) in [5, 5.41) is 26.0. The van der Waals surface area contributed by atoms with E-state index >= 15 is 0 Å². The van der Waals surface area contributed by atoms with Crippen molar-refractivity contribution in [3.63, 3.8) is 0 Å². The average Bonchev–Trinajstić information content (AvgIpc) is 2.74. The summed E-state index contributed by atoms with van der Waals surface area (Å²) < 4.78 is 1.76. The van der Waals surface area contributed by atoms with Gasteiger partial charge in [0.2, 0.25) is 0 Å². The Balaban J connectivity index is 2.15. The van der Waals surface area contributed by atoms with Crippen LogP contribution in [0.1, 0.15) is 0 Å². The van der Waals surface area contributed by atoms with Crippen LogP contribution in [0.15, 0.2) is 24.3 Å². The van der Waals surface area contributed by atoms with Crippen LogP contribution in [0.5, 0.6) is 0 Å². The summed E-state index contributed by atoms with van der Waals surface area (Å²) in [7, 11) is 0.